The number of carbonyl (C=O) groups is 2. The summed E-state index contributed by atoms with van der Waals surface area (Å²) >= 11 is 1.77. The molecule has 1 aromatic heterocycles. The van der Waals surface area contributed by atoms with Gasteiger partial charge in [0.15, 0.2) is 0 Å². The third-order valence-corrected chi connectivity index (χ3v) is 5.23. The van der Waals surface area contributed by atoms with Crippen molar-refractivity contribution in [2.45, 2.75) is 25.8 Å². The van der Waals surface area contributed by atoms with Crippen molar-refractivity contribution in [3.8, 4) is 0 Å². The number of amides is 2. The van der Waals surface area contributed by atoms with Gasteiger partial charge in [-0.15, -0.1) is 11.3 Å². The van der Waals surface area contributed by atoms with Crippen molar-refractivity contribution in [3.63, 3.8) is 0 Å². The second-order valence-electron chi connectivity index (χ2n) is 5.93. The van der Waals surface area contributed by atoms with Crippen LogP contribution in [-0.4, -0.2) is 19.1 Å². The summed E-state index contributed by atoms with van der Waals surface area (Å²) in [5.74, 6) is 0.516. The van der Waals surface area contributed by atoms with E-state index in [1.54, 1.807) is 11.3 Å². The van der Waals surface area contributed by atoms with Gasteiger partial charge in [0, 0.05) is 33.8 Å². The molecular weight excluding hydrogens is 324 g/mol. The minimum absolute atomic E-state index is 0.0729. The molecule has 0 spiro atoms. The summed E-state index contributed by atoms with van der Waals surface area (Å²) in [4.78, 5) is 26.0. The molecule has 0 saturated heterocycles. The average Bonchev–Trinajstić information content (AvgIpc) is 3.28. The van der Waals surface area contributed by atoms with E-state index in [0.29, 0.717) is 12.5 Å². The van der Waals surface area contributed by atoms with E-state index in [2.05, 4.69) is 34.4 Å². The molecule has 5 nitrogen and oxygen atoms in total. The van der Waals surface area contributed by atoms with Crippen LogP contribution in [0.4, 0.5) is 10.5 Å². The lowest BCUT2D eigenvalue weighted by molar-refractivity contribution is -0.117. The van der Waals surface area contributed by atoms with Gasteiger partial charge in [-0.05, 0) is 43.2 Å². The lowest BCUT2D eigenvalue weighted by Gasteiger charge is -2.07. The van der Waals surface area contributed by atoms with Crippen LogP contribution in [-0.2, 0) is 16.1 Å². The van der Waals surface area contributed by atoms with Crippen molar-refractivity contribution in [1.82, 2.24) is 5.32 Å². The molecule has 0 unspecified atom stereocenters. The Balaban J connectivity index is 1.51. The first-order valence-corrected chi connectivity index (χ1v) is 8.66. The summed E-state index contributed by atoms with van der Waals surface area (Å²) in [6.45, 7) is 2.48. The van der Waals surface area contributed by atoms with Crippen LogP contribution in [0, 0.1) is 12.8 Å². The van der Waals surface area contributed by atoms with E-state index in [9.17, 15) is 9.59 Å². The molecule has 1 aromatic carbocycles. The number of hydrogen-bond acceptors (Lipinski definition) is 4. The molecular formula is C18H20N2O3S. The van der Waals surface area contributed by atoms with Gasteiger partial charge in [0.25, 0.3) is 0 Å². The zero-order valence-electron chi connectivity index (χ0n) is 13.7. The smallest absolute Gasteiger partial charge is 0.407 e. The fourth-order valence-corrected chi connectivity index (χ4v) is 3.70. The van der Waals surface area contributed by atoms with Gasteiger partial charge in [-0.25, -0.2) is 4.79 Å². The van der Waals surface area contributed by atoms with Crippen LogP contribution >= 0.6 is 11.3 Å². The van der Waals surface area contributed by atoms with Gasteiger partial charge in [0.05, 0.1) is 7.11 Å². The molecule has 0 bridgehead atoms. The number of anilines is 1. The molecule has 2 amide bonds. The summed E-state index contributed by atoms with van der Waals surface area (Å²) in [5, 5.41) is 5.58. The van der Waals surface area contributed by atoms with Gasteiger partial charge < -0.3 is 15.4 Å². The Hall–Kier alpha value is -2.34. The maximum Gasteiger partial charge on any atom is 0.407 e. The molecule has 1 aliphatic carbocycles. The number of ether oxygens (including phenoxy) is 1. The fraction of sp³-hybridized carbons (Fsp3) is 0.333. The maximum atomic E-state index is 12.3. The predicted molar refractivity (Wildman–Crippen MR) is 94.2 cm³/mol. The Labute approximate surface area is 145 Å². The number of aryl methyl sites for hydroxylation is 1. The molecule has 1 saturated carbocycles. The Bertz CT molecular complexity index is 739. The molecule has 1 fully saturated rings. The average molecular weight is 344 g/mol. The van der Waals surface area contributed by atoms with E-state index >= 15 is 0 Å². The highest BCUT2D eigenvalue weighted by molar-refractivity contribution is 7.12. The van der Waals surface area contributed by atoms with Crippen LogP contribution < -0.4 is 10.6 Å². The quantitative estimate of drug-likeness (QED) is 0.870. The molecule has 1 aliphatic rings. The van der Waals surface area contributed by atoms with Gasteiger partial charge in [0.1, 0.15) is 0 Å². The van der Waals surface area contributed by atoms with Crippen LogP contribution in [0.25, 0.3) is 0 Å². The van der Waals surface area contributed by atoms with E-state index < -0.39 is 6.09 Å². The lowest BCUT2D eigenvalue weighted by atomic mass is 10.2. The van der Waals surface area contributed by atoms with E-state index in [1.807, 2.05) is 24.3 Å². The van der Waals surface area contributed by atoms with Crippen molar-refractivity contribution in [2.75, 3.05) is 12.4 Å². The van der Waals surface area contributed by atoms with Gasteiger partial charge in [-0.1, -0.05) is 12.1 Å². The first-order valence-electron chi connectivity index (χ1n) is 7.85. The molecule has 2 atom stereocenters. The molecule has 0 aliphatic heterocycles. The van der Waals surface area contributed by atoms with Crippen LogP contribution in [0.5, 0.6) is 0 Å². The van der Waals surface area contributed by atoms with Crippen LogP contribution in [0.1, 0.15) is 27.7 Å². The van der Waals surface area contributed by atoms with E-state index in [4.69, 9.17) is 0 Å². The van der Waals surface area contributed by atoms with Gasteiger partial charge in [-0.2, -0.15) is 0 Å². The standard InChI is InChI=1S/C18H20N2O3S/c1-11-3-8-16(24-11)14-9-15(14)17(21)20-13-6-4-12(5-7-13)10-19-18(22)23-2/h3-8,14-15H,9-10H2,1-2H3,(H,19,22)(H,20,21)/t14-,15+/m1/s1. The summed E-state index contributed by atoms with van der Waals surface area (Å²) in [6.07, 6.45) is 0.461. The summed E-state index contributed by atoms with van der Waals surface area (Å²) in [7, 11) is 1.33. The molecule has 6 heteroatoms. The zero-order valence-corrected chi connectivity index (χ0v) is 14.5. The lowest BCUT2D eigenvalue weighted by Crippen LogP contribution is -2.22. The van der Waals surface area contributed by atoms with Crippen molar-refractivity contribution < 1.29 is 14.3 Å². The molecule has 2 N–H and O–H groups in total. The van der Waals surface area contributed by atoms with Crippen LogP contribution in [0.2, 0.25) is 0 Å². The number of thiophene rings is 1. The van der Waals surface area contributed by atoms with Crippen LogP contribution in [0.15, 0.2) is 36.4 Å². The highest BCUT2D eigenvalue weighted by Crippen LogP contribution is 2.50. The SMILES string of the molecule is COC(=O)NCc1ccc(NC(=O)[C@H]2C[C@H]2c2ccc(C)s2)cc1. The largest absolute Gasteiger partial charge is 0.453 e. The van der Waals surface area contributed by atoms with E-state index in [1.165, 1.54) is 16.9 Å². The number of alkyl carbamates (subject to hydrolysis) is 1. The minimum atomic E-state index is -0.462. The molecule has 0 radical (unpaired) electrons. The van der Waals surface area contributed by atoms with E-state index in [-0.39, 0.29) is 11.8 Å². The zero-order chi connectivity index (χ0) is 17.1. The second kappa shape index (κ2) is 7.05. The first kappa shape index (κ1) is 16.5. The highest BCUT2D eigenvalue weighted by atomic mass is 32.1. The Kier molecular flexibility index (Phi) is 4.85. The fourth-order valence-electron chi connectivity index (χ4n) is 2.64. The predicted octanol–water partition coefficient (Wildman–Crippen LogP) is 3.65. The Morgan fingerprint density at radius 1 is 1.21 bits per heavy atom. The van der Waals surface area contributed by atoms with Gasteiger partial charge >= 0.3 is 6.09 Å². The summed E-state index contributed by atoms with van der Waals surface area (Å²) in [6, 6.07) is 11.7. The molecule has 1 heterocycles. The third-order valence-electron chi connectivity index (χ3n) is 4.10. The van der Waals surface area contributed by atoms with Crippen molar-refractivity contribution in [3.05, 3.63) is 51.7 Å². The van der Waals surface area contributed by atoms with E-state index in [0.717, 1.165) is 17.7 Å². The van der Waals surface area contributed by atoms with Gasteiger partial charge in [-0.3, -0.25) is 4.79 Å². The number of rotatable bonds is 5. The third kappa shape index (κ3) is 3.94. The molecule has 2 aromatic rings. The Morgan fingerprint density at radius 2 is 1.96 bits per heavy atom. The topological polar surface area (TPSA) is 67.4 Å². The van der Waals surface area contributed by atoms with Crippen molar-refractivity contribution in [1.29, 1.82) is 0 Å². The second-order valence-corrected chi connectivity index (χ2v) is 7.25. The normalized spacial score (nSPS) is 18.8. The number of methoxy groups -OCH3 is 1. The van der Waals surface area contributed by atoms with Crippen LogP contribution in [0.3, 0.4) is 0 Å². The maximum absolute atomic E-state index is 12.3. The first-order chi connectivity index (χ1) is 11.6. The highest BCUT2D eigenvalue weighted by Gasteiger charge is 2.44. The number of benzene rings is 1. The number of hydrogen-bond donors (Lipinski definition) is 2. The summed E-state index contributed by atoms with van der Waals surface area (Å²) < 4.78 is 4.52. The van der Waals surface area contributed by atoms with Gasteiger partial charge in [0.2, 0.25) is 5.91 Å². The van der Waals surface area contributed by atoms with Crippen molar-refractivity contribution >= 4 is 29.0 Å². The Morgan fingerprint density at radius 3 is 2.58 bits per heavy atom. The van der Waals surface area contributed by atoms with Crippen molar-refractivity contribution in [2.24, 2.45) is 5.92 Å². The monoisotopic (exact) mass is 344 g/mol. The molecule has 3 rings (SSSR count). The molecule has 24 heavy (non-hydrogen) atoms. The summed E-state index contributed by atoms with van der Waals surface area (Å²) in [5.41, 5.74) is 1.71. The molecule has 126 valence electrons. The minimum Gasteiger partial charge on any atom is -0.453 e. The number of carbonyl (C=O) groups excluding carboxylic acids is 2. The number of nitrogens with one attached hydrogen (secondary N) is 2.